The van der Waals surface area contributed by atoms with Crippen LogP contribution in [0.15, 0.2) is 50.9 Å². The van der Waals surface area contributed by atoms with Crippen LogP contribution in [-0.2, 0) is 10.8 Å². The average Bonchev–Trinajstić information content (AvgIpc) is 2.78. The number of nitrogens with zero attached hydrogens (tertiary/aromatic N) is 1. The van der Waals surface area contributed by atoms with Gasteiger partial charge in [0.15, 0.2) is 4.21 Å². The Kier molecular flexibility index (Phi) is 3.12. The van der Waals surface area contributed by atoms with Gasteiger partial charge in [0.05, 0.1) is 4.92 Å². The van der Waals surface area contributed by atoms with Crippen molar-refractivity contribution in [2.24, 2.45) is 0 Å². The smallest absolute Gasteiger partial charge is 0.258 e. The Labute approximate surface area is 98.2 Å². The summed E-state index contributed by atoms with van der Waals surface area (Å²) < 4.78 is 12.3. The van der Waals surface area contributed by atoms with Gasteiger partial charge < -0.3 is 0 Å². The first kappa shape index (κ1) is 11.0. The summed E-state index contributed by atoms with van der Waals surface area (Å²) in [5.74, 6) is 0. The third kappa shape index (κ3) is 2.02. The number of hydrogen-bond donors (Lipinski definition) is 0. The van der Waals surface area contributed by atoms with Crippen molar-refractivity contribution in [3.63, 3.8) is 0 Å². The van der Waals surface area contributed by atoms with Crippen molar-refractivity contribution in [1.82, 2.24) is 0 Å². The van der Waals surface area contributed by atoms with Crippen molar-refractivity contribution in [3.05, 3.63) is 51.9 Å². The summed E-state index contributed by atoms with van der Waals surface area (Å²) in [6.07, 6.45) is 0. The van der Waals surface area contributed by atoms with E-state index >= 15 is 0 Å². The normalized spacial score (nSPS) is 12.2. The fourth-order valence-corrected chi connectivity index (χ4v) is 3.55. The zero-order chi connectivity index (χ0) is 11.5. The van der Waals surface area contributed by atoms with Crippen LogP contribution in [0.1, 0.15) is 0 Å². The molecule has 1 aromatic heterocycles. The van der Waals surface area contributed by atoms with Crippen LogP contribution < -0.4 is 0 Å². The second kappa shape index (κ2) is 4.54. The van der Waals surface area contributed by atoms with Crippen LogP contribution in [0.4, 0.5) is 5.69 Å². The zero-order valence-electron chi connectivity index (χ0n) is 8.03. The Morgan fingerprint density at radius 1 is 1.19 bits per heavy atom. The lowest BCUT2D eigenvalue weighted by molar-refractivity contribution is -0.387. The van der Waals surface area contributed by atoms with E-state index in [0.717, 1.165) is 11.3 Å². The molecule has 16 heavy (non-hydrogen) atoms. The summed E-state index contributed by atoms with van der Waals surface area (Å²) in [6.45, 7) is 0. The molecule has 82 valence electrons. The Hall–Kier alpha value is -1.53. The van der Waals surface area contributed by atoms with Crippen LogP contribution in [0, 0.1) is 10.1 Å². The number of benzene rings is 1. The van der Waals surface area contributed by atoms with E-state index in [2.05, 4.69) is 0 Å². The maximum atomic E-state index is 12.0. The maximum Gasteiger partial charge on any atom is 0.296 e. The van der Waals surface area contributed by atoms with Crippen molar-refractivity contribution >= 4 is 27.8 Å². The molecule has 0 spiro atoms. The Morgan fingerprint density at radius 2 is 1.88 bits per heavy atom. The number of nitro groups is 1. The minimum Gasteiger partial charge on any atom is -0.258 e. The first-order valence-corrected chi connectivity index (χ1v) is 6.42. The minimum atomic E-state index is -1.47. The van der Waals surface area contributed by atoms with Crippen LogP contribution >= 0.6 is 11.3 Å². The van der Waals surface area contributed by atoms with Gasteiger partial charge in [0.2, 0.25) is 0 Å². The fourth-order valence-electron chi connectivity index (χ4n) is 1.21. The molecule has 0 fully saturated rings. The van der Waals surface area contributed by atoms with Gasteiger partial charge in [0.1, 0.15) is 10.8 Å². The molecule has 1 atom stereocenters. The topological polar surface area (TPSA) is 60.2 Å². The summed E-state index contributed by atoms with van der Waals surface area (Å²) in [5, 5.41) is 12.3. The second-order valence-corrected chi connectivity index (χ2v) is 5.52. The molecule has 1 heterocycles. The third-order valence-corrected chi connectivity index (χ3v) is 4.62. The Morgan fingerprint density at radius 3 is 2.50 bits per heavy atom. The average molecular weight is 253 g/mol. The molecule has 0 amide bonds. The number of thiophene rings is 1. The molecular weight excluding hydrogens is 246 g/mol. The van der Waals surface area contributed by atoms with E-state index in [1.807, 2.05) is 6.07 Å². The van der Waals surface area contributed by atoms with Crippen molar-refractivity contribution in [3.8, 4) is 0 Å². The Bertz CT molecular complexity index is 536. The molecule has 0 radical (unpaired) electrons. The van der Waals surface area contributed by atoms with E-state index in [9.17, 15) is 14.3 Å². The van der Waals surface area contributed by atoms with Crippen LogP contribution in [0.2, 0.25) is 0 Å². The molecular formula is C10H7NO3S2. The van der Waals surface area contributed by atoms with Crippen LogP contribution in [0.3, 0.4) is 0 Å². The van der Waals surface area contributed by atoms with Gasteiger partial charge in [0, 0.05) is 11.0 Å². The van der Waals surface area contributed by atoms with E-state index in [-0.39, 0.29) is 9.90 Å². The van der Waals surface area contributed by atoms with Gasteiger partial charge in [-0.25, -0.2) is 4.21 Å². The van der Waals surface area contributed by atoms with Crippen LogP contribution in [0.25, 0.3) is 0 Å². The van der Waals surface area contributed by atoms with Crippen LogP contribution in [0.5, 0.6) is 0 Å². The molecule has 1 aromatic carbocycles. The van der Waals surface area contributed by atoms with Gasteiger partial charge >= 0.3 is 0 Å². The third-order valence-electron chi connectivity index (χ3n) is 1.93. The van der Waals surface area contributed by atoms with Gasteiger partial charge in [-0.1, -0.05) is 18.2 Å². The highest BCUT2D eigenvalue weighted by Gasteiger charge is 2.21. The highest BCUT2D eigenvalue weighted by Crippen LogP contribution is 2.31. The minimum absolute atomic E-state index is 0.0767. The molecule has 2 aromatic rings. The fraction of sp³-hybridized carbons (Fsp3) is 0. The monoisotopic (exact) mass is 253 g/mol. The lowest BCUT2D eigenvalue weighted by Gasteiger charge is -1.98. The van der Waals surface area contributed by atoms with Gasteiger partial charge in [-0.15, -0.1) is 11.3 Å². The van der Waals surface area contributed by atoms with Gasteiger partial charge in [0.25, 0.3) is 5.69 Å². The lowest BCUT2D eigenvalue weighted by Crippen LogP contribution is -1.94. The first-order valence-electron chi connectivity index (χ1n) is 4.39. The molecule has 0 aliphatic carbocycles. The standard InChI is InChI=1S/C10H7NO3S2/c12-11(13)9-6-7-15-10(9)16(14)8-4-2-1-3-5-8/h1-7H. The number of hydrogen-bond acceptors (Lipinski definition) is 4. The molecule has 6 heteroatoms. The molecule has 0 saturated carbocycles. The van der Waals surface area contributed by atoms with E-state index < -0.39 is 15.7 Å². The van der Waals surface area contributed by atoms with Crippen molar-refractivity contribution in [1.29, 1.82) is 0 Å². The predicted octanol–water partition coefficient (Wildman–Crippen LogP) is 2.82. The highest BCUT2D eigenvalue weighted by molar-refractivity contribution is 7.87. The molecule has 2 rings (SSSR count). The molecule has 0 saturated heterocycles. The van der Waals surface area contributed by atoms with Crippen molar-refractivity contribution < 1.29 is 9.13 Å². The zero-order valence-corrected chi connectivity index (χ0v) is 9.66. The molecule has 0 aliphatic rings. The Balaban J connectivity index is 2.42. The van der Waals surface area contributed by atoms with E-state index in [0.29, 0.717) is 4.90 Å². The van der Waals surface area contributed by atoms with E-state index in [4.69, 9.17) is 0 Å². The number of rotatable bonds is 3. The SMILES string of the molecule is O=[N+]([O-])c1ccsc1S(=O)c1ccccc1. The van der Waals surface area contributed by atoms with E-state index in [1.54, 1.807) is 29.6 Å². The second-order valence-electron chi connectivity index (χ2n) is 2.93. The summed E-state index contributed by atoms with van der Waals surface area (Å²) in [5.41, 5.74) is -0.0767. The van der Waals surface area contributed by atoms with Gasteiger partial charge in [-0.2, -0.15) is 0 Å². The lowest BCUT2D eigenvalue weighted by atomic mass is 10.4. The first-order chi connectivity index (χ1) is 7.70. The highest BCUT2D eigenvalue weighted by atomic mass is 32.2. The molecule has 0 aliphatic heterocycles. The molecule has 1 unspecified atom stereocenters. The summed E-state index contributed by atoms with van der Waals surface area (Å²) in [6, 6.07) is 10.1. The summed E-state index contributed by atoms with van der Waals surface area (Å²) in [4.78, 5) is 10.8. The van der Waals surface area contributed by atoms with Crippen LogP contribution in [-0.4, -0.2) is 9.13 Å². The molecule has 4 nitrogen and oxygen atoms in total. The maximum absolute atomic E-state index is 12.0. The quantitative estimate of drug-likeness (QED) is 0.624. The molecule has 0 N–H and O–H groups in total. The van der Waals surface area contributed by atoms with Gasteiger partial charge in [-0.05, 0) is 17.5 Å². The van der Waals surface area contributed by atoms with E-state index in [1.165, 1.54) is 6.07 Å². The summed E-state index contributed by atoms with van der Waals surface area (Å²) >= 11 is 1.14. The van der Waals surface area contributed by atoms with Gasteiger partial charge in [-0.3, -0.25) is 10.1 Å². The largest absolute Gasteiger partial charge is 0.296 e. The summed E-state index contributed by atoms with van der Waals surface area (Å²) in [7, 11) is -1.47. The predicted molar refractivity (Wildman–Crippen MR) is 62.1 cm³/mol. The molecule has 0 bridgehead atoms. The van der Waals surface area contributed by atoms with Crippen molar-refractivity contribution in [2.75, 3.05) is 0 Å². The van der Waals surface area contributed by atoms with Crippen molar-refractivity contribution in [2.45, 2.75) is 9.10 Å².